The maximum absolute atomic E-state index is 15.0. The molecule has 0 atom stereocenters. The van der Waals surface area contributed by atoms with Gasteiger partial charge in [0.15, 0.2) is 17.2 Å². The summed E-state index contributed by atoms with van der Waals surface area (Å²) in [6.07, 6.45) is -7.57. The van der Waals surface area contributed by atoms with Crippen LogP contribution in [-0.4, -0.2) is 20.5 Å². The summed E-state index contributed by atoms with van der Waals surface area (Å²) in [4.78, 5) is 0. The summed E-state index contributed by atoms with van der Waals surface area (Å²) >= 11 is 0. The number of hydrogen-bond acceptors (Lipinski definition) is 3. The van der Waals surface area contributed by atoms with Crippen molar-refractivity contribution in [1.29, 1.82) is 0 Å². The van der Waals surface area contributed by atoms with Gasteiger partial charge in [0.25, 0.3) is 0 Å². The monoisotopic (exact) mass is 696 g/mol. The molecule has 0 radical (unpaired) electrons. The summed E-state index contributed by atoms with van der Waals surface area (Å²) in [5.74, 6) is -61.0. The number of hydrogen-bond donors (Lipinski definition) is 0. The fraction of sp³-hybridized carbons (Fsp3) is 0.100. The van der Waals surface area contributed by atoms with Crippen molar-refractivity contribution >= 4 is 8.80 Å². The molecule has 0 aromatic heterocycles. The van der Waals surface area contributed by atoms with Crippen LogP contribution in [0.2, 0.25) is 0 Å². The second-order valence-electron chi connectivity index (χ2n) is 7.63. The maximum Gasteiger partial charge on any atom is 0.784 e. The fourth-order valence-electron chi connectivity index (χ4n) is 2.85. The Kier molecular flexibility index (Phi) is 8.67. The zero-order valence-electron chi connectivity index (χ0n) is 19.3. The van der Waals surface area contributed by atoms with Crippen LogP contribution in [0.4, 0.5) is 87.8 Å². The fourth-order valence-corrected chi connectivity index (χ4v) is 5.06. The van der Waals surface area contributed by atoms with E-state index in [9.17, 15) is 87.8 Å². The largest absolute Gasteiger partial charge is 0.784 e. The molecule has 3 nitrogen and oxygen atoms in total. The van der Waals surface area contributed by atoms with Crippen molar-refractivity contribution in [2.45, 2.75) is 11.7 Å². The Bertz CT molecular complexity index is 1410. The van der Waals surface area contributed by atoms with Crippen molar-refractivity contribution < 1.29 is 101 Å². The van der Waals surface area contributed by atoms with E-state index in [2.05, 4.69) is 13.3 Å². The van der Waals surface area contributed by atoms with Crippen molar-refractivity contribution in [3.63, 3.8) is 0 Å². The van der Waals surface area contributed by atoms with Gasteiger partial charge in [0.2, 0.25) is 87.3 Å². The molecule has 0 N–H and O–H groups in total. The molecule has 0 spiro atoms. The Balaban J connectivity index is 2.59. The SMILES string of the molecule is Fc1c(F)c(F)c(O[Si](Oc2c(F)c(F)c(F)c(F)c2F)(Oc2c(F)c(F)c(F)c(F)c2F)C(F)(F)C(F)(F)F)c(F)c1F. The smallest absolute Gasteiger partial charge is 0.474 e. The quantitative estimate of drug-likeness (QED) is 0.109. The third kappa shape index (κ3) is 5.06. The number of rotatable bonds is 7. The highest BCUT2D eigenvalue weighted by molar-refractivity contribution is 6.66. The molecule has 3 rings (SSSR count). The average molecular weight is 696 g/mol. The zero-order chi connectivity index (χ0) is 34.0. The van der Waals surface area contributed by atoms with Crippen LogP contribution in [0, 0.1) is 87.3 Å². The molecule has 0 saturated heterocycles. The lowest BCUT2D eigenvalue weighted by Gasteiger charge is -2.35. The molecule has 242 valence electrons. The first-order valence-electron chi connectivity index (χ1n) is 10.0. The summed E-state index contributed by atoms with van der Waals surface area (Å²) in [7, 11) is -9.02. The molecule has 0 aliphatic carbocycles. The highest BCUT2D eigenvalue weighted by Gasteiger charge is 2.85. The number of alkyl halides is 5. The summed E-state index contributed by atoms with van der Waals surface area (Å²) in [5, 5.41) is 0. The minimum Gasteiger partial charge on any atom is -0.474 e. The van der Waals surface area contributed by atoms with Gasteiger partial charge in [-0.1, -0.05) is 0 Å². The van der Waals surface area contributed by atoms with Gasteiger partial charge in [0.1, 0.15) is 0 Å². The summed E-state index contributed by atoms with van der Waals surface area (Å²) in [6.45, 7) is 0. The van der Waals surface area contributed by atoms with Crippen LogP contribution in [0.15, 0.2) is 0 Å². The van der Waals surface area contributed by atoms with E-state index in [-0.39, 0.29) is 0 Å². The van der Waals surface area contributed by atoms with Crippen molar-refractivity contribution in [2.75, 3.05) is 0 Å². The second-order valence-corrected chi connectivity index (χ2v) is 9.98. The van der Waals surface area contributed by atoms with Crippen LogP contribution in [0.3, 0.4) is 0 Å². The molecule has 24 heteroatoms. The van der Waals surface area contributed by atoms with Crippen LogP contribution in [-0.2, 0) is 0 Å². The van der Waals surface area contributed by atoms with Gasteiger partial charge in [-0.25, -0.2) is 39.5 Å². The first-order valence-corrected chi connectivity index (χ1v) is 11.7. The Morgan fingerprint density at radius 1 is 0.295 bits per heavy atom. The highest BCUT2D eigenvalue weighted by atomic mass is 28.4. The lowest BCUT2D eigenvalue weighted by atomic mass is 10.3. The van der Waals surface area contributed by atoms with E-state index < -0.39 is 125 Å². The number of halogens is 20. The standard InChI is InChI=1S/C20F20O3Si/c21-1-4(24)10(30)16(11(31)5(1)25)41-44(20(39,40)19(36,37)38,42-17-12(32)6(26)2(22)7(27)13(17)33)43-18-14(34)8(28)3(23)9(29)15(18)35. The predicted octanol–water partition coefficient (Wildman–Crippen LogP) is 7.99. The maximum atomic E-state index is 15.0. The van der Waals surface area contributed by atoms with Gasteiger partial charge >= 0.3 is 20.5 Å². The summed E-state index contributed by atoms with van der Waals surface area (Å²) in [5.41, 5.74) is -7.53. The first kappa shape index (κ1) is 34.4. The van der Waals surface area contributed by atoms with Crippen LogP contribution < -0.4 is 13.3 Å². The predicted molar refractivity (Wildman–Crippen MR) is 97.3 cm³/mol. The molecule has 44 heavy (non-hydrogen) atoms. The van der Waals surface area contributed by atoms with Gasteiger partial charge in [0, 0.05) is 0 Å². The number of benzene rings is 3. The van der Waals surface area contributed by atoms with E-state index >= 15 is 0 Å². The molecular weight excluding hydrogens is 696 g/mol. The van der Waals surface area contributed by atoms with Crippen LogP contribution in [0.5, 0.6) is 17.2 Å². The lowest BCUT2D eigenvalue weighted by molar-refractivity contribution is -0.261. The summed E-state index contributed by atoms with van der Waals surface area (Å²) < 4.78 is 289. The molecule has 0 bridgehead atoms. The minimum atomic E-state index is -9.02. The zero-order valence-corrected chi connectivity index (χ0v) is 20.3. The average Bonchev–Trinajstić information content (AvgIpc) is 2.96. The first-order chi connectivity index (χ1) is 19.9. The Morgan fingerprint density at radius 3 is 0.614 bits per heavy atom. The third-order valence-electron chi connectivity index (χ3n) is 4.96. The van der Waals surface area contributed by atoms with E-state index in [1.165, 1.54) is 0 Å². The van der Waals surface area contributed by atoms with Gasteiger partial charge in [-0.05, 0) is 0 Å². The summed E-state index contributed by atoms with van der Waals surface area (Å²) in [6, 6.07) is 0. The third-order valence-corrected chi connectivity index (χ3v) is 7.43. The molecule has 0 heterocycles. The topological polar surface area (TPSA) is 27.7 Å². The Labute approximate surface area is 227 Å². The van der Waals surface area contributed by atoms with Gasteiger partial charge < -0.3 is 13.3 Å². The van der Waals surface area contributed by atoms with E-state index in [1.54, 1.807) is 0 Å². The molecule has 0 saturated carbocycles. The van der Waals surface area contributed by atoms with E-state index in [0.717, 1.165) is 0 Å². The molecule has 0 unspecified atom stereocenters. The van der Waals surface area contributed by atoms with Gasteiger partial charge in [0.05, 0.1) is 0 Å². The van der Waals surface area contributed by atoms with Crippen LogP contribution >= 0.6 is 0 Å². The van der Waals surface area contributed by atoms with Gasteiger partial charge in [-0.3, -0.25) is 0 Å². The van der Waals surface area contributed by atoms with Gasteiger partial charge in [-0.2, -0.15) is 48.3 Å². The van der Waals surface area contributed by atoms with E-state index in [1.807, 2.05) is 0 Å². The van der Waals surface area contributed by atoms with Crippen LogP contribution in [0.25, 0.3) is 0 Å². The van der Waals surface area contributed by atoms with E-state index in [0.29, 0.717) is 0 Å². The molecular formula is C20F20O3Si. The molecule has 0 amide bonds. The minimum absolute atomic E-state index is 3.21. The van der Waals surface area contributed by atoms with Crippen molar-refractivity contribution in [1.82, 2.24) is 0 Å². The van der Waals surface area contributed by atoms with E-state index in [4.69, 9.17) is 0 Å². The molecule has 0 fully saturated rings. The molecule has 0 aliphatic rings. The second kappa shape index (κ2) is 11.1. The van der Waals surface area contributed by atoms with Crippen LogP contribution in [0.1, 0.15) is 0 Å². The van der Waals surface area contributed by atoms with Gasteiger partial charge in [-0.15, -0.1) is 0 Å². The lowest BCUT2D eigenvalue weighted by Crippen LogP contribution is -2.73. The molecule has 0 aliphatic heterocycles. The molecule has 3 aromatic rings. The van der Waals surface area contributed by atoms with Crippen molar-refractivity contribution in [3.05, 3.63) is 87.3 Å². The van der Waals surface area contributed by atoms with Crippen molar-refractivity contribution in [2.24, 2.45) is 0 Å². The Hall–Kier alpha value is -4.12. The highest BCUT2D eigenvalue weighted by Crippen LogP contribution is 2.48. The van der Waals surface area contributed by atoms with Crippen molar-refractivity contribution in [3.8, 4) is 17.2 Å². The normalized spacial score (nSPS) is 12.5. The Morgan fingerprint density at radius 2 is 0.455 bits per heavy atom. The molecule has 3 aromatic carbocycles.